The van der Waals surface area contributed by atoms with Crippen molar-refractivity contribution in [3.63, 3.8) is 0 Å². The summed E-state index contributed by atoms with van der Waals surface area (Å²) in [6.07, 6.45) is 0.807. The lowest BCUT2D eigenvalue weighted by molar-refractivity contribution is 0.121. The molecule has 1 fully saturated rings. The Morgan fingerprint density at radius 3 is 2.64 bits per heavy atom. The van der Waals surface area contributed by atoms with Crippen LogP contribution in [0.25, 0.3) is 0 Å². The molecule has 3 N–H and O–H groups in total. The van der Waals surface area contributed by atoms with Gasteiger partial charge in [-0.25, -0.2) is 0 Å². The fourth-order valence-electron chi connectivity index (χ4n) is 1.77. The second-order valence-electron chi connectivity index (χ2n) is 3.74. The predicted octanol–water partition coefficient (Wildman–Crippen LogP) is 2.06. The monoisotopic (exact) mass is 209 g/mol. The van der Waals surface area contributed by atoms with Gasteiger partial charge in [-0.05, 0) is 41.5 Å². The van der Waals surface area contributed by atoms with E-state index in [1.54, 1.807) is 0 Å². The number of anilines is 1. The molecule has 0 bridgehead atoms. The molecule has 0 aromatic heterocycles. The van der Waals surface area contributed by atoms with Crippen LogP contribution in [0.3, 0.4) is 0 Å². The highest BCUT2D eigenvalue weighted by Crippen LogP contribution is 2.34. The van der Waals surface area contributed by atoms with Crippen molar-refractivity contribution in [2.24, 2.45) is 5.92 Å². The lowest BCUT2D eigenvalue weighted by atomic mass is 9.95. The lowest BCUT2D eigenvalue weighted by Crippen LogP contribution is -2.11. The highest BCUT2D eigenvalue weighted by Gasteiger charge is 2.24. The topological polar surface area (TPSA) is 46.2 Å². The Labute approximate surface area is 88.5 Å². The number of benzene rings is 1. The van der Waals surface area contributed by atoms with E-state index in [1.165, 1.54) is 5.75 Å². The van der Waals surface area contributed by atoms with Crippen LogP contribution in [-0.4, -0.2) is 16.6 Å². The molecule has 0 saturated carbocycles. The van der Waals surface area contributed by atoms with E-state index in [9.17, 15) is 5.11 Å². The molecule has 1 heterocycles. The number of rotatable bonds is 2. The van der Waals surface area contributed by atoms with Crippen LogP contribution < -0.4 is 5.73 Å². The van der Waals surface area contributed by atoms with Gasteiger partial charge in [-0.1, -0.05) is 12.1 Å². The van der Waals surface area contributed by atoms with Crippen LogP contribution in [0.4, 0.5) is 5.69 Å². The Kier molecular flexibility index (Phi) is 2.99. The van der Waals surface area contributed by atoms with Crippen LogP contribution in [-0.2, 0) is 0 Å². The molecule has 14 heavy (non-hydrogen) atoms. The van der Waals surface area contributed by atoms with E-state index in [1.807, 2.05) is 36.0 Å². The molecule has 1 aromatic rings. The number of hydrogen-bond donors (Lipinski definition) is 2. The number of aliphatic hydroxyl groups is 1. The van der Waals surface area contributed by atoms with E-state index in [-0.39, 0.29) is 6.10 Å². The number of nitrogens with two attached hydrogens (primary N) is 1. The minimum Gasteiger partial charge on any atom is -0.399 e. The number of thioether (sulfide) groups is 1. The molecule has 1 aliphatic rings. The fourth-order valence-corrected chi connectivity index (χ4v) is 3.05. The fraction of sp³-hybridized carbons (Fsp3) is 0.455. The molecule has 0 spiro atoms. The lowest BCUT2D eigenvalue weighted by Gasteiger charge is -2.17. The molecule has 2 rings (SSSR count). The van der Waals surface area contributed by atoms with Gasteiger partial charge in [-0.15, -0.1) is 0 Å². The van der Waals surface area contributed by atoms with Crippen LogP contribution in [0.15, 0.2) is 24.3 Å². The zero-order valence-corrected chi connectivity index (χ0v) is 8.83. The summed E-state index contributed by atoms with van der Waals surface area (Å²) in [5.41, 5.74) is 7.34. The summed E-state index contributed by atoms with van der Waals surface area (Å²) in [7, 11) is 0. The Morgan fingerprint density at radius 1 is 1.36 bits per heavy atom. The molecule has 1 saturated heterocycles. The maximum absolute atomic E-state index is 10.1. The van der Waals surface area contributed by atoms with E-state index in [4.69, 9.17) is 5.73 Å². The maximum Gasteiger partial charge on any atom is 0.0826 e. The highest BCUT2D eigenvalue weighted by atomic mass is 32.2. The van der Waals surface area contributed by atoms with Gasteiger partial charge >= 0.3 is 0 Å². The maximum atomic E-state index is 10.1. The predicted molar refractivity (Wildman–Crippen MR) is 61.2 cm³/mol. The molecular formula is C11H15NOS. The standard InChI is InChI=1S/C11H15NOS/c12-10-3-1-8(2-4-10)11(13)9-5-6-14-7-9/h1-4,9,11,13H,5-7,12H2. The normalized spacial score (nSPS) is 23.6. The minimum absolute atomic E-state index is 0.314. The molecule has 2 atom stereocenters. The van der Waals surface area contributed by atoms with Crippen molar-refractivity contribution in [2.45, 2.75) is 12.5 Å². The average Bonchev–Trinajstić information content (AvgIpc) is 2.71. The largest absolute Gasteiger partial charge is 0.399 e. The van der Waals surface area contributed by atoms with Crippen molar-refractivity contribution in [2.75, 3.05) is 17.2 Å². The second-order valence-corrected chi connectivity index (χ2v) is 4.89. The average molecular weight is 209 g/mol. The van der Waals surface area contributed by atoms with E-state index in [0.29, 0.717) is 5.92 Å². The third-order valence-corrected chi connectivity index (χ3v) is 3.88. The summed E-state index contributed by atoms with van der Waals surface area (Å²) in [5.74, 6) is 2.67. The van der Waals surface area contributed by atoms with Crippen LogP contribution >= 0.6 is 11.8 Å². The summed E-state index contributed by atoms with van der Waals surface area (Å²) in [5, 5.41) is 10.1. The first-order valence-electron chi connectivity index (χ1n) is 4.88. The van der Waals surface area contributed by atoms with Gasteiger partial charge in [0.2, 0.25) is 0 Å². The zero-order chi connectivity index (χ0) is 9.97. The Balaban J connectivity index is 2.09. The number of aliphatic hydroxyl groups excluding tert-OH is 1. The number of hydrogen-bond acceptors (Lipinski definition) is 3. The van der Waals surface area contributed by atoms with E-state index in [0.717, 1.165) is 23.4 Å². The Morgan fingerprint density at radius 2 is 2.07 bits per heavy atom. The quantitative estimate of drug-likeness (QED) is 0.733. The smallest absolute Gasteiger partial charge is 0.0826 e. The van der Waals surface area contributed by atoms with Gasteiger partial charge in [0.05, 0.1) is 6.10 Å². The third kappa shape index (κ3) is 2.04. The summed E-state index contributed by atoms with van der Waals surface area (Å²) < 4.78 is 0. The van der Waals surface area contributed by atoms with Crippen molar-refractivity contribution in [3.8, 4) is 0 Å². The van der Waals surface area contributed by atoms with Gasteiger partial charge in [0.25, 0.3) is 0 Å². The van der Waals surface area contributed by atoms with Crippen LogP contribution in [0.5, 0.6) is 0 Å². The first kappa shape index (κ1) is 9.87. The Hall–Kier alpha value is -0.670. The van der Waals surface area contributed by atoms with Gasteiger partial charge in [0, 0.05) is 5.69 Å². The van der Waals surface area contributed by atoms with Crippen LogP contribution in [0.1, 0.15) is 18.1 Å². The van der Waals surface area contributed by atoms with Gasteiger partial charge < -0.3 is 10.8 Å². The SMILES string of the molecule is Nc1ccc(C(O)C2CCSC2)cc1. The Bertz CT molecular complexity index is 293. The first-order chi connectivity index (χ1) is 6.77. The molecule has 76 valence electrons. The summed E-state index contributed by atoms with van der Waals surface area (Å²) in [6, 6.07) is 7.53. The van der Waals surface area contributed by atoms with Crippen LogP contribution in [0.2, 0.25) is 0 Å². The molecular weight excluding hydrogens is 194 g/mol. The minimum atomic E-state index is -0.314. The van der Waals surface area contributed by atoms with Crippen molar-refractivity contribution in [1.82, 2.24) is 0 Å². The van der Waals surface area contributed by atoms with E-state index in [2.05, 4.69) is 0 Å². The zero-order valence-electron chi connectivity index (χ0n) is 8.02. The molecule has 3 heteroatoms. The van der Waals surface area contributed by atoms with Crippen molar-refractivity contribution in [3.05, 3.63) is 29.8 Å². The van der Waals surface area contributed by atoms with Gasteiger partial charge in [-0.2, -0.15) is 11.8 Å². The summed E-state index contributed by atoms with van der Waals surface area (Å²) >= 11 is 1.92. The van der Waals surface area contributed by atoms with Crippen molar-refractivity contribution >= 4 is 17.4 Å². The molecule has 0 aliphatic carbocycles. The molecule has 1 aromatic carbocycles. The van der Waals surface area contributed by atoms with Gasteiger partial charge in [0.15, 0.2) is 0 Å². The van der Waals surface area contributed by atoms with Gasteiger partial charge in [-0.3, -0.25) is 0 Å². The summed E-state index contributed by atoms with van der Waals surface area (Å²) in [4.78, 5) is 0. The molecule has 1 aliphatic heterocycles. The second kappa shape index (κ2) is 4.24. The summed E-state index contributed by atoms with van der Waals surface area (Å²) in [6.45, 7) is 0. The number of nitrogen functional groups attached to an aromatic ring is 1. The molecule has 0 radical (unpaired) electrons. The van der Waals surface area contributed by atoms with Crippen LogP contribution in [0, 0.1) is 5.92 Å². The van der Waals surface area contributed by atoms with Gasteiger partial charge in [0.1, 0.15) is 0 Å². The van der Waals surface area contributed by atoms with E-state index < -0.39 is 0 Å². The van der Waals surface area contributed by atoms with E-state index >= 15 is 0 Å². The molecule has 0 amide bonds. The third-order valence-electron chi connectivity index (χ3n) is 2.69. The van der Waals surface area contributed by atoms with Crippen molar-refractivity contribution < 1.29 is 5.11 Å². The highest BCUT2D eigenvalue weighted by molar-refractivity contribution is 7.99. The molecule has 2 unspecified atom stereocenters. The first-order valence-corrected chi connectivity index (χ1v) is 6.04. The molecule has 2 nitrogen and oxygen atoms in total. The van der Waals surface area contributed by atoms with Crippen molar-refractivity contribution in [1.29, 1.82) is 0 Å².